The Balaban J connectivity index is 1.80. The maximum Gasteiger partial charge on any atom is 0.508 e. The molecule has 0 radical (unpaired) electrons. The molecule has 0 amide bonds. The highest BCUT2D eigenvalue weighted by Crippen LogP contribution is 2.44. The van der Waals surface area contributed by atoms with Gasteiger partial charge in [0, 0.05) is 12.3 Å². The lowest BCUT2D eigenvalue weighted by atomic mass is 9.95. The smallest absolute Gasteiger partial charge is 0.434 e. The van der Waals surface area contributed by atoms with Crippen molar-refractivity contribution in [1.82, 2.24) is 0 Å². The Morgan fingerprint density at radius 2 is 1.47 bits per heavy atom. The highest BCUT2D eigenvalue weighted by atomic mass is 32.3. The first kappa shape index (κ1) is 27.1. The number of sulfone groups is 2. The molecule has 0 aromatic heterocycles. The lowest BCUT2D eigenvalue weighted by molar-refractivity contribution is -0.0484. The van der Waals surface area contributed by atoms with Crippen molar-refractivity contribution in [1.29, 1.82) is 0 Å². The van der Waals surface area contributed by atoms with E-state index < -0.39 is 59.9 Å². The summed E-state index contributed by atoms with van der Waals surface area (Å²) in [5.74, 6) is -0.299. The number of ether oxygens (including phenoxy) is 2. The van der Waals surface area contributed by atoms with E-state index in [1.165, 1.54) is 0 Å². The Bertz CT molecular complexity index is 953. The molecule has 3 aliphatic rings. The molecular formula is C19H24F6O7S2. The van der Waals surface area contributed by atoms with Crippen LogP contribution in [0.5, 0.6) is 0 Å². The Hall–Kier alpha value is -1.51. The van der Waals surface area contributed by atoms with Crippen LogP contribution in [0.25, 0.3) is 0 Å². The molecule has 15 heteroatoms. The summed E-state index contributed by atoms with van der Waals surface area (Å²) in [6, 6.07) is 0. The molecule has 3 aliphatic carbocycles. The van der Waals surface area contributed by atoms with E-state index in [1.54, 1.807) is 0 Å². The number of carbonyl (C=O) groups is 1. The third-order valence-corrected chi connectivity index (χ3v) is 11.3. The largest absolute Gasteiger partial charge is 0.508 e. The number of hydrogen-bond acceptors (Lipinski definition) is 7. The van der Waals surface area contributed by atoms with Gasteiger partial charge in [0.2, 0.25) is 0 Å². The minimum Gasteiger partial charge on any atom is -0.434 e. The normalized spacial score (nSPS) is 26.9. The van der Waals surface area contributed by atoms with E-state index in [9.17, 15) is 48.0 Å². The van der Waals surface area contributed by atoms with Crippen molar-refractivity contribution >= 4 is 25.8 Å². The first-order valence-corrected chi connectivity index (χ1v) is 13.8. The number of hydrogen-bond donors (Lipinski definition) is 0. The molecule has 7 nitrogen and oxygen atoms in total. The maximum absolute atomic E-state index is 13.1. The molecular weight excluding hydrogens is 518 g/mol. The van der Waals surface area contributed by atoms with Gasteiger partial charge in [-0.25, -0.2) is 21.6 Å². The van der Waals surface area contributed by atoms with Gasteiger partial charge >= 0.3 is 17.2 Å². The number of halogens is 6. The van der Waals surface area contributed by atoms with Crippen molar-refractivity contribution in [3.05, 3.63) is 12.2 Å². The van der Waals surface area contributed by atoms with E-state index in [-0.39, 0.29) is 31.3 Å². The van der Waals surface area contributed by atoms with Crippen LogP contribution in [0.3, 0.4) is 0 Å². The third-order valence-electron chi connectivity index (χ3n) is 6.77. The molecule has 2 saturated carbocycles. The Labute approximate surface area is 192 Å². The van der Waals surface area contributed by atoms with Gasteiger partial charge in [0.05, 0.1) is 6.61 Å². The molecule has 2 bridgehead atoms. The Kier molecular flexibility index (Phi) is 7.57. The summed E-state index contributed by atoms with van der Waals surface area (Å²) in [7, 11) is -13.6. The van der Waals surface area contributed by atoms with Gasteiger partial charge in [0.1, 0.15) is 6.10 Å². The summed E-state index contributed by atoms with van der Waals surface area (Å²) in [6.45, 7) is -0.0904. The summed E-state index contributed by atoms with van der Waals surface area (Å²) in [6.07, 6.45) is 2.14. The number of fused-ring (bicyclic) bond motifs is 2. The predicted molar refractivity (Wildman–Crippen MR) is 105 cm³/mol. The van der Waals surface area contributed by atoms with Gasteiger partial charge in [-0.15, -0.1) is 0 Å². The van der Waals surface area contributed by atoms with E-state index in [1.807, 2.05) is 12.2 Å². The molecule has 2 fully saturated rings. The molecule has 0 heterocycles. The summed E-state index contributed by atoms with van der Waals surface area (Å²) in [5.41, 5.74) is -12.5. The zero-order valence-electron chi connectivity index (χ0n) is 17.7. The lowest BCUT2D eigenvalue weighted by Gasteiger charge is -2.28. The van der Waals surface area contributed by atoms with Crippen LogP contribution in [0.1, 0.15) is 44.9 Å². The molecule has 34 heavy (non-hydrogen) atoms. The van der Waals surface area contributed by atoms with E-state index in [4.69, 9.17) is 9.47 Å². The zero-order chi connectivity index (χ0) is 25.5. The maximum atomic E-state index is 13.1. The molecule has 0 N–H and O–H groups in total. The fraction of sp³-hybridized carbons (Fsp3) is 0.842. The van der Waals surface area contributed by atoms with Crippen LogP contribution in [0.15, 0.2) is 12.2 Å². The van der Waals surface area contributed by atoms with Crippen LogP contribution < -0.4 is 0 Å². The first-order chi connectivity index (χ1) is 15.5. The van der Waals surface area contributed by atoms with Crippen LogP contribution in [-0.2, 0) is 29.1 Å². The summed E-state index contributed by atoms with van der Waals surface area (Å²) < 4.78 is 132. The highest BCUT2D eigenvalue weighted by molar-refractivity contribution is 8.09. The minimum atomic E-state index is -6.82. The molecule has 0 aromatic rings. The number of carbonyl (C=O) groups excluding carboxylic acids is 1. The molecule has 0 aliphatic heterocycles. The van der Waals surface area contributed by atoms with Crippen molar-refractivity contribution in [3.63, 3.8) is 0 Å². The van der Waals surface area contributed by atoms with Crippen LogP contribution >= 0.6 is 0 Å². The average molecular weight is 543 g/mol. The van der Waals surface area contributed by atoms with Crippen molar-refractivity contribution in [2.45, 2.75) is 66.6 Å². The molecule has 0 aromatic carbocycles. The third kappa shape index (κ3) is 5.49. The Morgan fingerprint density at radius 3 is 1.91 bits per heavy atom. The topological polar surface area (TPSA) is 104 Å². The van der Waals surface area contributed by atoms with Crippen LogP contribution in [0, 0.1) is 23.7 Å². The fourth-order valence-corrected chi connectivity index (χ4v) is 8.46. The second-order valence-electron chi connectivity index (χ2n) is 8.95. The van der Waals surface area contributed by atoms with Crippen LogP contribution in [-0.4, -0.2) is 51.3 Å². The molecule has 0 saturated heterocycles. The van der Waals surface area contributed by atoms with Crippen molar-refractivity contribution in [2.75, 3.05) is 6.61 Å². The minimum absolute atomic E-state index is 0.0172. The second kappa shape index (κ2) is 9.51. The standard InChI is InChI=1S/C19H24F6O7S2/c20-18(21,22)33(27,28)16(34(29,30)19(23,24)25)9-15(12-3-1-2-4-12)32-17(26)31-10-14-8-11-5-6-13(14)7-11/h5-6,11-16H,1-4,7-10H2. The fourth-order valence-electron chi connectivity index (χ4n) is 4.99. The summed E-state index contributed by atoms with van der Waals surface area (Å²) >= 11 is 0. The Morgan fingerprint density at radius 1 is 0.912 bits per heavy atom. The molecule has 4 unspecified atom stereocenters. The van der Waals surface area contributed by atoms with Crippen molar-refractivity contribution < 1.29 is 57.4 Å². The van der Waals surface area contributed by atoms with E-state index in [2.05, 4.69) is 0 Å². The SMILES string of the molecule is O=C(OCC1CC2C=CC1C2)OC(CC(S(=O)(=O)C(F)(F)F)S(=O)(=O)C(F)(F)F)C1CCCC1. The van der Waals surface area contributed by atoms with Crippen molar-refractivity contribution in [2.24, 2.45) is 23.7 Å². The monoisotopic (exact) mass is 542 g/mol. The van der Waals surface area contributed by atoms with E-state index in [0.717, 1.165) is 12.8 Å². The summed E-state index contributed by atoms with van der Waals surface area (Å²) in [4.78, 5) is 12.2. The number of rotatable bonds is 8. The molecule has 4 atom stereocenters. The average Bonchev–Trinajstić information content (AvgIpc) is 3.45. The summed E-state index contributed by atoms with van der Waals surface area (Å²) in [5, 5.41) is 0. The highest BCUT2D eigenvalue weighted by Gasteiger charge is 2.63. The van der Waals surface area contributed by atoms with Gasteiger partial charge in [-0.2, -0.15) is 26.3 Å². The van der Waals surface area contributed by atoms with Gasteiger partial charge in [-0.3, -0.25) is 0 Å². The van der Waals surface area contributed by atoms with Crippen molar-refractivity contribution in [3.8, 4) is 0 Å². The zero-order valence-corrected chi connectivity index (χ0v) is 19.4. The van der Waals surface area contributed by atoms with Gasteiger partial charge in [-0.1, -0.05) is 25.0 Å². The van der Waals surface area contributed by atoms with E-state index in [0.29, 0.717) is 18.8 Å². The molecule has 0 spiro atoms. The molecule has 196 valence electrons. The lowest BCUT2D eigenvalue weighted by Crippen LogP contribution is -2.47. The van der Waals surface area contributed by atoms with E-state index >= 15 is 0 Å². The molecule has 3 rings (SSSR count). The first-order valence-electron chi connectivity index (χ1n) is 10.7. The number of allylic oxidation sites excluding steroid dienone is 2. The van der Waals surface area contributed by atoms with Crippen LogP contribution in [0.4, 0.5) is 31.1 Å². The quantitative estimate of drug-likeness (QED) is 0.253. The van der Waals surface area contributed by atoms with Gasteiger partial charge in [0.25, 0.3) is 19.7 Å². The van der Waals surface area contributed by atoms with Crippen LogP contribution in [0.2, 0.25) is 0 Å². The van der Waals surface area contributed by atoms with Gasteiger partial charge < -0.3 is 9.47 Å². The van der Waals surface area contributed by atoms with Gasteiger partial charge in [-0.05, 0) is 43.4 Å². The van der Waals surface area contributed by atoms with Gasteiger partial charge in [0.15, 0.2) is 4.58 Å². The second-order valence-corrected chi connectivity index (χ2v) is 13.5. The number of alkyl halides is 6. The predicted octanol–water partition coefficient (Wildman–Crippen LogP) is 4.50.